The van der Waals surface area contributed by atoms with E-state index in [1.807, 2.05) is 0 Å². The molecule has 0 saturated carbocycles. The molecule has 0 fully saturated rings. The molecule has 15 heteroatoms. The number of nitrogens with zero attached hydrogens (tertiary/aromatic N) is 2. The van der Waals surface area contributed by atoms with E-state index in [1.165, 1.54) is 4.90 Å². The Morgan fingerprint density at radius 2 is 1.19 bits per heavy atom. The third kappa shape index (κ3) is 25.4. The summed E-state index contributed by atoms with van der Waals surface area (Å²) >= 11 is 0. The Morgan fingerprint density at radius 3 is 1.54 bits per heavy atom. The molecule has 26 heavy (non-hydrogen) atoms. The van der Waals surface area contributed by atoms with Crippen molar-refractivity contribution in [2.24, 2.45) is 0 Å². The smallest absolute Gasteiger partial charge is 0.549 e. The number of carboxylic acids is 3. The van der Waals surface area contributed by atoms with E-state index in [2.05, 4.69) is 0 Å². The molecule has 0 aliphatic carbocycles. The average molecular weight is 471 g/mol. The number of rotatable bonds is 13. The second-order valence-electron chi connectivity index (χ2n) is 5.02. The minimum atomic E-state index is -4.21. The van der Waals surface area contributed by atoms with Gasteiger partial charge in [-0.1, -0.05) is 0 Å². The van der Waals surface area contributed by atoms with Gasteiger partial charge in [-0.2, -0.15) is 0 Å². The van der Waals surface area contributed by atoms with Crippen LogP contribution in [0.4, 0.5) is 0 Å². The molecule has 0 saturated heterocycles. The molecule has 0 bridgehead atoms. The van der Waals surface area contributed by atoms with E-state index in [0.717, 1.165) is 4.90 Å². The van der Waals surface area contributed by atoms with E-state index in [9.17, 15) is 19.5 Å². The van der Waals surface area contributed by atoms with E-state index in [0.29, 0.717) is 0 Å². The Labute approximate surface area is 280 Å². The van der Waals surface area contributed by atoms with Crippen molar-refractivity contribution in [3.8, 4) is 0 Å². The summed E-state index contributed by atoms with van der Waals surface area (Å²) in [4.78, 5) is 61.1. The first-order chi connectivity index (χ1) is 10.5. The summed E-state index contributed by atoms with van der Waals surface area (Å²) in [6.07, 6.45) is 0.112. The Hall–Kier alpha value is 3.34. The molecule has 0 aliphatic rings. The van der Waals surface area contributed by atoms with Crippen molar-refractivity contribution >= 4 is 26.7 Å². The first-order valence-electron chi connectivity index (χ1n) is 6.75. The summed E-state index contributed by atoms with van der Waals surface area (Å²) in [5.41, 5.74) is 0. The molecule has 0 rings (SSSR count). The molecule has 0 unspecified atom stereocenters. The topological polar surface area (TPSA) is 182 Å². The van der Waals surface area contributed by atoms with Crippen molar-refractivity contribution in [3.05, 3.63) is 0 Å². The average Bonchev–Trinajstić information content (AvgIpc) is 2.31. The Balaban J connectivity index is -0.000000807. The maximum atomic E-state index is 10.7. The number of hydrogen-bond donors (Lipinski definition) is 5. The minimum absolute atomic E-state index is 0. The fourth-order valence-corrected chi connectivity index (χ4v) is 2.50. The Kier molecular flexibility index (Phi) is 28.6. The van der Waals surface area contributed by atoms with E-state index in [4.69, 9.17) is 24.6 Å². The summed E-state index contributed by atoms with van der Waals surface area (Å²) < 4.78 is 0. The summed E-state index contributed by atoms with van der Waals surface area (Å²) in [6, 6.07) is -0.273. The molecule has 0 radical (unpaired) electrons. The SMILES string of the molecule is O=C([O-])CN(CCC[Si](O)(O)O)CCN(CC(=O)O)CC(=O)O.[K+].[K+].[K+]. The van der Waals surface area contributed by atoms with Crippen molar-refractivity contribution in [3.63, 3.8) is 0 Å². The van der Waals surface area contributed by atoms with E-state index >= 15 is 0 Å². The second-order valence-corrected chi connectivity index (χ2v) is 7.07. The van der Waals surface area contributed by atoms with Crippen LogP contribution in [-0.4, -0.2) is 100 Å². The fourth-order valence-electron chi connectivity index (χ4n) is 1.87. The molecule has 0 aromatic rings. The van der Waals surface area contributed by atoms with Crippen molar-refractivity contribution in [2.75, 3.05) is 39.3 Å². The van der Waals surface area contributed by atoms with Crippen LogP contribution in [0.3, 0.4) is 0 Å². The minimum Gasteiger partial charge on any atom is -0.549 e. The predicted molar refractivity (Wildman–Crippen MR) is 75.0 cm³/mol. The van der Waals surface area contributed by atoms with Gasteiger partial charge in [0, 0.05) is 25.7 Å². The zero-order chi connectivity index (χ0) is 18.0. The van der Waals surface area contributed by atoms with Gasteiger partial charge in [-0.05, 0) is 13.0 Å². The fraction of sp³-hybridized carbons (Fsp3) is 0.727. The van der Waals surface area contributed by atoms with E-state index < -0.39 is 46.3 Å². The van der Waals surface area contributed by atoms with Gasteiger partial charge >= 0.3 is 175 Å². The van der Waals surface area contributed by atoms with Crippen LogP contribution in [-0.2, 0) is 14.4 Å². The molecule has 0 heterocycles. The van der Waals surface area contributed by atoms with Crippen LogP contribution < -0.4 is 159 Å². The first kappa shape index (κ1) is 36.7. The Morgan fingerprint density at radius 1 is 0.769 bits per heavy atom. The molecule has 0 amide bonds. The zero-order valence-corrected chi connectivity index (χ0v) is 25.8. The number of aliphatic carboxylic acids is 3. The molecule has 5 N–H and O–H groups in total. The number of carbonyl (C=O) groups excluding carboxylic acids is 1. The van der Waals surface area contributed by atoms with Gasteiger partial charge < -0.3 is 34.5 Å². The zero-order valence-electron chi connectivity index (χ0n) is 15.4. The van der Waals surface area contributed by atoms with E-state index in [-0.39, 0.29) is 186 Å². The third-order valence-electron chi connectivity index (χ3n) is 2.79. The molecule has 0 aromatic heterocycles. The van der Waals surface area contributed by atoms with Crippen LogP contribution in [0.25, 0.3) is 0 Å². The summed E-state index contributed by atoms with van der Waals surface area (Å²) in [6.45, 7) is -1.36. The maximum Gasteiger partial charge on any atom is 1.00 e. The normalized spacial score (nSPS) is 10.5. The summed E-state index contributed by atoms with van der Waals surface area (Å²) in [5.74, 6) is -3.81. The number of carbonyl (C=O) groups is 3. The molecule has 134 valence electrons. The maximum absolute atomic E-state index is 10.7. The van der Waals surface area contributed by atoms with Crippen LogP contribution in [0.5, 0.6) is 0 Å². The van der Waals surface area contributed by atoms with Gasteiger partial charge in [0.15, 0.2) is 0 Å². The van der Waals surface area contributed by atoms with Gasteiger partial charge in [-0.25, -0.2) is 0 Å². The van der Waals surface area contributed by atoms with Crippen molar-refractivity contribution < 1.29 is 198 Å². The first-order valence-corrected chi connectivity index (χ1v) is 8.79. The van der Waals surface area contributed by atoms with Crippen LogP contribution in [0.2, 0.25) is 6.04 Å². The molecule has 0 aromatic carbocycles. The van der Waals surface area contributed by atoms with Gasteiger partial charge in [0.25, 0.3) is 0 Å². The molecule has 0 aliphatic heterocycles. The monoisotopic (exact) mass is 470 g/mol. The molecule has 11 nitrogen and oxygen atoms in total. The summed E-state index contributed by atoms with van der Waals surface area (Å²) in [7, 11) is -4.21. The van der Waals surface area contributed by atoms with Gasteiger partial charge in [0.05, 0.1) is 19.1 Å². The van der Waals surface area contributed by atoms with Crippen LogP contribution >= 0.6 is 0 Å². The van der Waals surface area contributed by atoms with Crippen LogP contribution in [0, 0.1) is 0 Å². The number of carboxylic acid groups (broad SMARTS) is 3. The van der Waals surface area contributed by atoms with Crippen LogP contribution in [0.15, 0.2) is 0 Å². The van der Waals surface area contributed by atoms with Crippen molar-refractivity contribution in [1.82, 2.24) is 9.80 Å². The van der Waals surface area contributed by atoms with Crippen molar-refractivity contribution in [1.29, 1.82) is 0 Å². The van der Waals surface area contributed by atoms with Gasteiger partial charge in [0.1, 0.15) is 0 Å². The molecular formula is C11H21K3N2O9Si+2. The van der Waals surface area contributed by atoms with Gasteiger partial charge in [-0.3, -0.25) is 19.4 Å². The third-order valence-corrected chi connectivity index (χ3v) is 3.81. The standard InChI is InChI=1S/C11H22N2O9Si.3K/c14-9(15)6-12(2-1-5-23(20,21)22)3-4-13(7-10(16)17)8-11(18)19;;;/h20-22H,1-8H2,(H,14,15)(H,16,17)(H,18,19);;;/q;3*+1/p-1. The number of hydrogen-bond acceptors (Lipinski definition) is 9. The molecular weight excluding hydrogens is 450 g/mol. The molecule has 0 atom stereocenters. The molecule has 0 spiro atoms. The largest absolute Gasteiger partial charge is 1.00 e. The quantitative estimate of drug-likeness (QED) is 0.161. The van der Waals surface area contributed by atoms with Crippen molar-refractivity contribution in [2.45, 2.75) is 12.5 Å². The predicted octanol–water partition coefficient (Wildman–Crippen LogP) is -13.2. The second kappa shape index (κ2) is 20.3. The Bertz CT molecular complexity index is 410. The van der Waals surface area contributed by atoms with Gasteiger partial charge in [0.2, 0.25) is 0 Å². The van der Waals surface area contributed by atoms with Gasteiger partial charge in [-0.15, -0.1) is 0 Å². The van der Waals surface area contributed by atoms with E-state index in [1.54, 1.807) is 0 Å². The van der Waals surface area contributed by atoms with Crippen LogP contribution in [0.1, 0.15) is 6.42 Å². The summed E-state index contributed by atoms with van der Waals surface area (Å²) in [5, 5.41) is 28.1.